The third-order valence-corrected chi connectivity index (χ3v) is 4.51. The molecule has 0 unspecified atom stereocenters. The molecular formula is C17H21BrN2O4. The van der Waals surface area contributed by atoms with E-state index in [0.717, 1.165) is 16.5 Å². The molecule has 1 aromatic rings. The number of hydrogen-bond donors (Lipinski definition) is 1. The number of nitrogens with zero attached hydrogens (tertiary/aromatic N) is 1. The number of rotatable bonds is 6. The number of ether oxygens (including phenoxy) is 1. The summed E-state index contributed by atoms with van der Waals surface area (Å²) in [6.45, 7) is 3.41. The average Bonchev–Trinajstić information content (AvgIpc) is 3.24. The highest BCUT2D eigenvalue weighted by Crippen LogP contribution is 2.38. The molecule has 2 atom stereocenters. The summed E-state index contributed by atoms with van der Waals surface area (Å²) in [5.74, 6) is -0.783. The number of carbonyl (C=O) groups excluding carboxylic acids is 3. The Hall–Kier alpha value is -1.89. The van der Waals surface area contributed by atoms with Crippen molar-refractivity contribution in [3.05, 3.63) is 28.2 Å². The lowest BCUT2D eigenvalue weighted by Gasteiger charge is -2.17. The Kier molecular flexibility index (Phi) is 5.99. The molecule has 1 aliphatic carbocycles. The predicted molar refractivity (Wildman–Crippen MR) is 93.4 cm³/mol. The van der Waals surface area contributed by atoms with Crippen molar-refractivity contribution >= 4 is 39.4 Å². The van der Waals surface area contributed by atoms with Crippen molar-refractivity contribution in [2.24, 2.45) is 11.8 Å². The topological polar surface area (TPSA) is 75.7 Å². The summed E-state index contributed by atoms with van der Waals surface area (Å²) < 4.78 is 5.91. The maximum Gasteiger partial charge on any atom is 0.309 e. The second kappa shape index (κ2) is 7.79. The number of esters is 1. The molecule has 1 N–H and O–H groups in total. The summed E-state index contributed by atoms with van der Waals surface area (Å²) in [7, 11) is 1.50. The Labute approximate surface area is 149 Å². The number of benzene rings is 1. The summed E-state index contributed by atoms with van der Waals surface area (Å²) in [4.78, 5) is 36.8. The van der Waals surface area contributed by atoms with E-state index in [-0.39, 0.29) is 30.9 Å². The number of aryl methyl sites for hydroxylation is 1. The van der Waals surface area contributed by atoms with Crippen LogP contribution in [-0.4, -0.2) is 42.9 Å². The zero-order chi connectivity index (χ0) is 17.9. The summed E-state index contributed by atoms with van der Waals surface area (Å²) in [6.07, 6.45) is 0.817. The van der Waals surface area contributed by atoms with Crippen molar-refractivity contribution in [2.75, 3.05) is 25.5 Å². The van der Waals surface area contributed by atoms with Gasteiger partial charge in [0.1, 0.15) is 0 Å². The third-order valence-electron chi connectivity index (χ3n) is 4.02. The van der Waals surface area contributed by atoms with Crippen molar-refractivity contribution in [1.82, 2.24) is 4.90 Å². The van der Waals surface area contributed by atoms with Crippen LogP contribution in [0.15, 0.2) is 22.7 Å². The fourth-order valence-corrected chi connectivity index (χ4v) is 2.74. The molecule has 0 bridgehead atoms. The summed E-state index contributed by atoms with van der Waals surface area (Å²) in [5, 5.41) is 2.76. The molecule has 0 aliphatic heterocycles. The van der Waals surface area contributed by atoms with E-state index < -0.39 is 5.91 Å². The normalized spacial score (nSPS) is 18.7. The van der Waals surface area contributed by atoms with Crippen molar-refractivity contribution < 1.29 is 19.1 Å². The van der Waals surface area contributed by atoms with Gasteiger partial charge in [0.05, 0.1) is 12.5 Å². The summed E-state index contributed by atoms with van der Waals surface area (Å²) in [6, 6.07) is 5.51. The molecule has 1 aliphatic rings. The molecule has 1 aromatic carbocycles. The zero-order valence-electron chi connectivity index (χ0n) is 14.0. The van der Waals surface area contributed by atoms with E-state index in [0.29, 0.717) is 11.6 Å². The molecule has 130 valence electrons. The van der Waals surface area contributed by atoms with Crippen LogP contribution in [0.25, 0.3) is 0 Å². The Morgan fingerprint density at radius 3 is 2.62 bits per heavy atom. The predicted octanol–water partition coefficient (Wildman–Crippen LogP) is 2.35. The maximum atomic E-state index is 12.0. The molecule has 0 spiro atoms. The van der Waals surface area contributed by atoms with Gasteiger partial charge in [-0.05, 0) is 43.0 Å². The van der Waals surface area contributed by atoms with E-state index >= 15 is 0 Å². The fraction of sp³-hybridized carbons (Fsp3) is 0.471. The number of nitrogens with one attached hydrogen (secondary N) is 1. The SMILES string of the molecule is Cc1cc(Br)ccc1NC(=O)CN(C)C(=O)COC(=O)[C@@H]1C[C@@H]1C. The fourth-order valence-electron chi connectivity index (χ4n) is 2.26. The van der Waals surface area contributed by atoms with Gasteiger partial charge in [-0.3, -0.25) is 14.4 Å². The molecule has 6 nitrogen and oxygen atoms in total. The summed E-state index contributed by atoms with van der Waals surface area (Å²) >= 11 is 3.36. The van der Waals surface area contributed by atoms with Crippen LogP contribution in [0.1, 0.15) is 18.9 Å². The lowest BCUT2D eigenvalue weighted by molar-refractivity contribution is -0.153. The molecule has 1 saturated carbocycles. The first-order valence-electron chi connectivity index (χ1n) is 7.74. The Balaban J connectivity index is 1.77. The average molecular weight is 397 g/mol. The van der Waals surface area contributed by atoms with Crippen molar-refractivity contribution in [3.63, 3.8) is 0 Å². The maximum absolute atomic E-state index is 12.0. The standard InChI is InChI=1S/C17H21BrN2O4/c1-10-7-13(10)17(23)24-9-16(22)20(3)8-15(21)19-14-5-4-12(18)6-11(14)2/h4-6,10,13H,7-9H2,1-3H3,(H,19,21)/t10-,13+/m0/s1. The van der Waals surface area contributed by atoms with Gasteiger partial charge < -0.3 is 15.0 Å². The summed E-state index contributed by atoms with van der Waals surface area (Å²) in [5.41, 5.74) is 1.61. The number of carbonyl (C=O) groups is 3. The van der Waals surface area contributed by atoms with Gasteiger partial charge in [0, 0.05) is 17.2 Å². The molecule has 7 heteroatoms. The minimum absolute atomic E-state index is 0.0771. The third kappa shape index (κ3) is 5.06. The van der Waals surface area contributed by atoms with Gasteiger partial charge in [-0.25, -0.2) is 0 Å². The van der Waals surface area contributed by atoms with E-state index in [1.165, 1.54) is 11.9 Å². The van der Waals surface area contributed by atoms with Crippen molar-refractivity contribution in [3.8, 4) is 0 Å². The van der Waals surface area contributed by atoms with Crippen LogP contribution >= 0.6 is 15.9 Å². The highest BCUT2D eigenvalue weighted by atomic mass is 79.9. The van der Waals surface area contributed by atoms with Gasteiger partial charge >= 0.3 is 5.97 Å². The minimum Gasteiger partial charge on any atom is -0.455 e. The molecule has 2 amide bonds. The van der Waals surface area contributed by atoms with Crippen LogP contribution in [0.3, 0.4) is 0 Å². The first-order chi connectivity index (χ1) is 11.3. The van der Waals surface area contributed by atoms with Crippen molar-refractivity contribution in [1.29, 1.82) is 0 Å². The molecule has 1 fully saturated rings. The smallest absolute Gasteiger partial charge is 0.309 e. The van der Waals surface area contributed by atoms with Gasteiger partial charge in [-0.1, -0.05) is 22.9 Å². The van der Waals surface area contributed by atoms with E-state index in [1.807, 2.05) is 26.0 Å². The zero-order valence-corrected chi connectivity index (χ0v) is 15.6. The number of halogens is 1. The van der Waals surface area contributed by atoms with Crippen molar-refractivity contribution in [2.45, 2.75) is 20.3 Å². The van der Waals surface area contributed by atoms with Gasteiger partial charge in [0.25, 0.3) is 5.91 Å². The van der Waals surface area contributed by atoms with E-state index in [2.05, 4.69) is 21.2 Å². The van der Waals surface area contributed by atoms with Gasteiger partial charge in [0.15, 0.2) is 6.61 Å². The molecular weight excluding hydrogens is 376 g/mol. The monoisotopic (exact) mass is 396 g/mol. The molecule has 0 heterocycles. The lowest BCUT2D eigenvalue weighted by atomic mass is 10.2. The Bertz CT molecular complexity index is 662. The molecule has 0 aromatic heterocycles. The highest BCUT2D eigenvalue weighted by Gasteiger charge is 2.40. The molecule has 24 heavy (non-hydrogen) atoms. The van der Waals surface area contributed by atoms with E-state index in [4.69, 9.17) is 4.74 Å². The van der Waals surface area contributed by atoms with Crippen LogP contribution in [-0.2, 0) is 19.1 Å². The molecule has 0 radical (unpaired) electrons. The number of anilines is 1. The van der Waals surface area contributed by atoms with Gasteiger partial charge in [0.2, 0.25) is 5.91 Å². The largest absolute Gasteiger partial charge is 0.455 e. The minimum atomic E-state index is -0.403. The Morgan fingerprint density at radius 1 is 1.38 bits per heavy atom. The van der Waals surface area contributed by atoms with E-state index in [1.54, 1.807) is 6.07 Å². The number of likely N-dealkylation sites (N-methyl/N-ethyl adjacent to an activating group) is 1. The van der Waals surface area contributed by atoms with E-state index in [9.17, 15) is 14.4 Å². The number of hydrogen-bond acceptors (Lipinski definition) is 4. The molecule has 0 saturated heterocycles. The molecule has 2 rings (SSSR count). The van der Waals surface area contributed by atoms with Crippen LogP contribution in [0.5, 0.6) is 0 Å². The van der Waals surface area contributed by atoms with Crippen LogP contribution < -0.4 is 5.32 Å². The van der Waals surface area contributed by atoms with Crippen LogP contribution in [0.4, 0.5) is 5.69 Å². The second-order valence-electron chi connectivity index (χ2n) is 6.18. The second-order valence-corrected chi connectivity index (χ2v) is 7.10. The van der Waals surface area contributed by atoms with Crippen LogP contribution in [0.2, 0.25) is 0 Å². The van der Waals surface area contributed by atoms with Gasteiger partial charge in [-0.15, -0.1) is 0 Å². The Morgan fingerprint density at radius 2 is 2.04 bits per heavy atom. The van der Waals surface area contributed by atoms with Gasteiger partial charge in [-0.2, -0.15) is 0 Å². The first kappa shape index (κ1) is 18.4. The van der Waals surface area contributed by atoms with Crippen LogP contribution in [0, 0.1) is 18.8 Å². The quantitative estimate of drug-likeness (QED) is 0.748. The highest BCUT2D eigenvalue weighted by molar-refractivity contribution is 9.10. The first-order valence-corrected chi connectivity index (χ1v) is 8.54. The lowest BCUT2D eigenvalue weighted by Crippen LogP contribution is -2.37. The number of amides is 2.